The number of aromatic nitrogens is 2. The topological polar surface area (TPSA) is 49.0 Å². The zero-order chi connectivity index (χ0) is 16.7. The number of benzene rings is 1. The van der Waals surface area contributed by atoms with Gasteiger partial charge >= 0.3 is 0 Å². The van der Waals surface area contributed by atoms with Crippen LogP contribution < -0.4 is 5.56 Å². The minimum Gasteiger partial charge on any atom is -0.311 e. The van der Waals surface area contributed by atoms with Gasteiger partial charge in [0.25, 0.3) is 5.56 Å². The lowest BCUT2D eigenvalue weighted by Gasteiger charge is -2.27. The number of aryl methyl sites for hydroxylation is 1. The van der Waals surface area contributed by atoms with E-state index in [1.54, 1.807) is 11.8 Å². The summed E-state index contributed by atoms with van der Waals surface area (Å²) in [5.41, 5.74) is 3.35. The monoisotopic (exact) mass is 341 g/mol. The molecule has 1 fully saturated rings. The van der Waals surface area contributed by atoms with Crippen molar-refractivity contribution in [3.63, 3.8) is 0 Å². The molecule has 0 aliphatic carbocycles. The largest absolute Gasteiger partial charge is 0.311 e. The number of rotatable bonds is 3. The lowest BCUT2D eigenvalue weighted by atomic mass is 9.98. The first-order valence-corrected chi connectivity index (χ1v) is 9.84. The van der Waals surface area contributed by atoms with Gasteiger partial charge in [-0.3, -0.25) is 9.69 Å². The molecule has 0 spiro atoms. The first-order chi connectivity index (χ1) is 11.6. The number of nitrogens with one attached hydrogen (secondary N) is 1. The van der Waals surface area contributed by atoms with E-state index in [-0.39, 0.29) is 5.56 Å². The van der Waals surface area contributed by atoms with Crippen LogP contribution in [-0.2, 0) is 19.4 Å². The Morgan fingerprint density at radius 2 is 1.92 bits per heavy atom. The quantitative estimate of drug-likeness (QED) is 0.872. The third-order valence-corrected chi connectivity index (χ3v) is 6.13. The molecule has 0 saturated carbocycles. The molecule has 5 heteroatoms. The molecule has 2 atom stereocenters. The molecule has 3 heterocycles. The van der Waals surface area contributed by atoms with E-state index in [1.165, 1.54) is 23.3 Å². The summed E-state index contributed by atoms with van der Waals surface area (Å²) in [6.45, 7) is 2.84. The molecule has 4 nitrogen and oxygen atoms in total. The second-order valence-electron chi connectivity index (χ2n) is 6.89. The third-order valence-electron chi connectivity index (χ3n) is 5.38. The first kappa shape index (κ1) is 15.9. The van der Waals surface area contributed by atoms with Gasteiger partial charge in [0.1, 0.15) is 5.82 Å². The van der Waals surface area contributed by atoms with E-state index in [0.29, 0.717) is 12.1 Å². The minimum atomic E-state index is 0.0642. The molecule has 0 unspecified atom stereocenters. The van der Waals surface area contributed by atoms with Crippen LogP contribution in [0.3, 0.4) is 0 Å². The van der Waals surface area contributed by atoms with Gasteiger partial charge in [0, 0.05) is 35.5 Å². The Balaban J connectivity index is 1.60. The second kappa shape index (κ2) is 6.37. The number of aromatic amines is 1. The summed E-state index contributed by atoms with van der Waals surface area (Å²) < 4.78 is 0. The highest BCUT2D eigenvalue weighted by Crippen LogP contribution is 2.33. The van der Waals surface area contributed by atoms with E-state index >= 15 is 0 Å². The van der Waals surface area contributed by atoms with Gasteiger partial charge in [0.05, 0.1) is 5.69 Å². The number of fused-ring (bicyclic) bond motifs is 3. The zero-order valence-corrected chi connectivity index (χ0v) is 15.0. The molecule has 1 N–H and O–H groups in total. The summed E-state index contributed by atoms with van der Waals surface area (Å²) in [7, 11) is 0. The Kier molecular flexibility index (Phi) is 4.22. The van der Waals surface area contributed by atoms with Crippen LogP contribution in [0.25, 0.3) is 0 Å². The van der Waals surface area contributed by atoms with Gasteiger partial charge in [-0.15, -0.1) is 11.8 Å². The molecule has 2 aromatic rings. The Hall–Kier alpha value is -1.59. The van der Waals surface area contributed by atoms with Crippen molar-refractivity contribution < 1.29 is 0 Å². The molecular formula is C19H23N3OS. The maximum atomic E-state index is 12.3. The smallest absolute Gasteiger partial charge is 0.254 e. The SMILES string of the molecule is CSc1ccc(CN2[C@@H]3CC[C@H]2Cc2nc(C)[nH]c(=O)c2C3)cc1. The highest BCUT2D eigenvalue weighted by molar-refractivity contribution is 7.98. The van der Waals surface area contributed by atoms with Gasteiger partial charge in [-0.2, -0.15) is 0 Å². The lowest BCUT2D eigenvalue weighted by molar-refractivity contribution is 0.187. The normalized spacial score (nSPS) is 23.1. The zero-order valence-electron chi connectivity index (χ0n) is 14.2. The van der Waals surface area contributed by atoms with Crippen molar-refractivity contribution in [3.05, 3.63) is 57.3 Å². The molecule has 2 aliphatic rings. The summed E-state index contributed by atoms with van der Waals surface area (Å²) in [4.78, 5) is 23.7. The van der Waals surface area contributed by atoms with Gasteiger partial charge in [0.2, 0.25) is 0 Å². The summed E-state index contributed by atoms with van der Waals surface area (Å²) in [6, 6.07) is 9.83. The molecule has 126 valence electrons. The van der Waals surface area contributed by atoms with Gasteiger partial charge < -0.3 is 4.98 Å². The van der Waals surface area contributed by atoms with Gasteiger partial charge in [-0.05, 0) is 50.1 Å². The van der Waals surface area contributed by atoms with E-state index in [1.807, 2.05) is 6.92 Å². The number of thioether (sulfide) groups is 1. The van der Waals surface area contributed by atoms with Gasteiger partial charge in [-0.25, -0.2) is 4.98 Å². The van der Waals surface area contributed by atoms with Crippen molar-refractivity contribution in [2.45, 2.75) is 56.1 Å². The summed E-state index contributed by atoms with van der Waals surface area (Å²) in [5, 5.41) is 0. The van der Waals surface area contributed by atoms with E-state index in [2.05, 4.69) is 45.4 Å². The van der Waals surface area contributed by atoms with Crippen molar-refractivity contribution in [2.75, 3.05) is 6.26 Å². The van der Waals surface area contributed by atoms with Crippen molar-refractivity contribution in [1.29, 1.82) is 0 Å². The van der Waals surface area contributed by atoms with Crippen molar-refractivity contribution in [3.8, 4) is 0 Å². The molecule has 24 heavy (non-hydrogen) atoms. The van der Waals surface area contributed by atoms with Gasteiger partial charge in [0.15, 0.2) is 0 Å². The summed E-state index contributed by atoms with van der Waals surface area (Å²) in [6.07, 6.45) is 6.23. The maximum Gasteiger partial charge on any atom is 0.254 e. The predicted octanol–water partition coefficient (Wildman–Crippen LogP) is 2.93. The molecular weight excluding hydrogens is 318 g/mol. The summed E-state index contributed by atoms with van der Waals surface area (Å²) >= 11 is 1.77. The Labute approximate surface area is 146 Å². The average molecular weight is 341 g/mol. The van der Waals surface area contributed by atoms with Crippen LogP contribution in [0.2, 0.25) is 0 Å². The number of H-pyrrole nitrogens is 1. The van der Waals surface area contributed by atoms with Crippen LogP contribution in [0, 0.1) is 6.92 Å². The van der Waals surface area contributed by atoms with Gasteiger partial charge in [-0.1, -0.05) is 12.1 Å². The molecule has 0 amide bonds. The number of nitrogens with zero attached hydrogens (tertiary/aromatic N) is 2. The Morgan fingerprint density at radius 1 is 1.21 bits per heavy atom. The Bertz CT molecular complexity index is 799. The summed E-state index contributed by atoms with van der Waals surface area (Å²) in [5.74, 6) is 0.732. The fourth-order valence-corrected chi connectivity index (χ4v) is 4.57. The highest BCUT2D eigenvalue weighted by Gasteiger charge is 2.38. The van der Waals surface area contributed by atoms with E-state index in [0.717, 1.165) is 36.5 Å². The molecule has 2 bridgehead atoms. The van der Waals surface area contributed by atoms with Crippen LogP contribution >= 0.6 is 11.8 Å². The van der Waals surface area contributed by atoms with E-state index in [9.17, 15) is 4.79 Å². The van der Waals surface area contributed by atoms with Crippen molar-refractivity contribution in [2.24, 2.45) is 0 Å². The van der Waals surface area contributed by atoms with Crippen molar-refractivity contribution in [1.82, 2.24) is 14.9 Å². The molecule has 4 rings (SSSR count). The number of hydrogen-bond acceptors (Lipinski definition) is 4. The van der Waals surface area contributed by atoms with Crippen LogP contribution in [-0.4, -0.2) is 33.2 Å². The van der Waals surface area contributed by atoms with Crippen molar-refractivity contribution >= 4 is 11.8 Å². The maximum absolute atomic E-state index is 12.3. The fraction of sp³-hybridized carbons (Fsp3) is 0.474. The van der Waals surface area contributed by atoms with Crippen LogP contribution in [0.4, 0.5) is 0 Å². The molecule has 1 aromatic heterocycles. The predicted molar refractivity (Wildman–Crippen MR) is 97.6 cm³/mol. The Morgan fingerprint density at radius 3 is 2.62 bits per heavy atom. The average Bonchev–Trinajstić information content (AvgIpc) is 2.84. The highest BCUT2D eigenvalue weighted by atomic mass is 32.2. The molecule has 2 aliphatic heterocycles. The molecule has 1 saturated heterocycles. The van der Waals surface area contributed by atoms with E-state index < -0.39 is 0 Å². The number of hydrogen-bond donors (Lipinski definition) is 1. The first-order valence-electron chi connectivity index (χ1n) is 8.61. The van der Waals surface area contributed by atoms with Crippen LogP contribution in [0.5, 0.6) is 0 Å². The van der Waals surface area contributed by atoms with Crippen LogP contribution in [0.15, 0.2) is 34.0 Å². The van der Waals surface area contributed by atoms with E-state index in [4.69, 9.17) is 0 Å². The third kappa shape index (κ3) is 2.91. The van der Waals surface area contributed by atoms with Crippen LogP contribution in [0.1, 0.15) is 35.5 Å². The minimum absolute atomic E-state index is 0.0642. The second-order valence-corrected chi connectivity index (χ2v) is 7.77. The molecule has 0 radical (unpaired) electrons. The standard InChI is InChI=1S/C19H23N3OS/c1-12-20-18-10-15-6-5-14(9-17(18)19(23)21-12)22(15)11-13-3-7-16(24-2)8-4-13/h3-4,7-8,14-15H,5-6,9-11H2,1-2H3,(H,20,21,23)/t14-,15+/m1/s1. The lowest BCUT2D eigenvalue weighted by Crippen LogP contribution is -2.36. The fourth-order valence-electron chi connectivity index (χ4n) is 4.16. The molecule has 1 aromatic carbocycles.